The van der Waals surface area contributed by atoms with Crippen LogP contribution in [-0.2, 0) is 23.7 Å². The highest BCUT2D eigenvalue weighted by atomic mass is 16.7. The van der Waals surface area contributed by atoms with Crippen LogP contribution < -0.4 is 0 Å². The van der Waals surface area contributed by atoms with Gasteiger partial charge in [-0.2, -0.15) is 0 Å². The molecule has 0 radical (unpaired) electrons. The Morgan fingerprint density at radius 3 is 1.32 bits per heavy atom. The summed E-state index contributed by atoms with van der Waals surface area (Å²) in [5.74, 6) is 0. The number of rotatable bonds is 7. The zero-order valence-corrected chi connectivity index (χ0v) is 18.3. The average Bonchev–Trinajstić information content (AvgIpc) is 2.83. The lowest BCUT2D eigenvalue weighted by molar-refractivity contribution is -0.370. The Kier molecular flexibility index (Phi) is 9.57. The molecular weight excluding hydrogens is 468 g/mol. The summed E-state index contributed by atoms with van der Waals surface area (Å²) in [4.78, 5) is 0. The quantitative estimate of drug-likeness (QED) is 0.155. The maximum atomic E-state index is 10.7. The van der Waals surface area contributed by atoms with Crippen LogP contribution in [0.4, 0.5) is 0 Å². The van der Waals surface area contributed by atoms with E-state index in [-0.39, 0.29) is 0 Å². The molecule has 34 heavy (non-hydrogen) atoms. The fourth-order valence-corrected chi connectivity index (χ4v) is 4.25. The van der Waals surface area contributed by atoms with E-state index < -0.39 is 112 Å². The van der Waals surface area contributed by atoms with E-state index in [0.717, 1.165) is 0 Å². The molecule has 3 aliphatic rings. The van der Waals surface area contributed by atoms with Gasteiger partial charge in [-0.25, -0.2) is 0 Å². The second-order valence-corrected chi connectivity index (χ2v) is 8.65. The van der Waals surface area contributed by atoms with E-state index in [0.29, 0.717) is 0 Å². The minimum atomic E-state index is -1.80. The SMILES string of the molecule is CC1O[C@H](CO)[C@@H](OC2O[C@H](CO)[C@@H](O)[C@H](O)[C@H]2O)[C@H](OC2O[C@H](CO)[C@@H](O)[C@H](O)[C@H]2O)[C@H]1O. The number of aliphatic hydroxyl groups is 10. The molecule has 0 amide bonds. The Labute approximate surface area is 194 Å². The van der Waals surface area contributed by atoms with Gasteiger partial charge < -0.3 is 74.7 Å². The first-order valence-corrected chi connectivity index (χ1v) is 10.9. The van der Waals surface area contributed by atoms with E-state index in [9.17, 15) is 51.1 Å². The van der Waals surface area contributed by atoms with Crippen LogP contribution in [0, 0.1) is 0 Å². The first-order valence-electron chi connectivity index (χ1n) is 10.9. The third-order valence-corrected chi connectivity index (χ3v) is 6.36. The average molecular weight is 502 g/mol. The van der Waals surface area contributed by atoms with Crippen molar-refractivity contribution in [3.05, 3.63) is 0 Å². The molecule has 0 spiro atoms. The van der Waals surface area contributed by atoms with Crippen molar-refractivity contribution in [1.82, 2.24) is 0 Å². The molecule has 0 aromatic rings. The van der Waals surface area contributed by atoms with Gasteiger partial charge in [-0.05, 0) is 6.92 Å². The minimum Gasteiger partial charge on any atom is -0.394 e. The van der Waals surface area contributed by atoms with Gasteiger partial charge in [0.15, 0.2) is 12.6 Å². The van der Waals surface area contributed by atoms with Crippen molar-refractivity contribution in [2.45, 2.75) is 98.9 Å². The van der Waals surface area contributed by atoms with Crippen molar-refractivity contribution in [1.29, 1.82) is 0 Å². The first-order chi connectivity index (χ1) is 16.0. The van der Waals surface area contributed by atoms with Crippen molar-refractivity contribution in [3.8, 4) is 0 Å². The third kappa shape index (κ3) is 5.39. The molecule has 0 aliphatic carbocycles. The van der Waals surface area contributed by atoms with Crippen LogP contribution in [0.2, 0.25) is 0 Å². The van der Waals surface area contributed by atoms with E-state index >= 15 is 0 Å². The van der Waals surface area contributed by atoms with Gasteiger partial charge in [0.2, 0.25) is 0 Å². The Hall–Kier alpha value is -0.600. The van der Waals surface area contributed by atoms with Gasteiger partial charge in [-0.15, -0.1) is 0 Å². The number of hydrogen-bond donors (Lipinski definition) is 10. The summed E-state index contributed by atoms with van der Waals surface area (Å²) in [6.07, 6.45) is -22.8. The fourth-order valence-electron chi connectivity index (χ4n) is 4.25. The molecule has 15 heteroatoms. The highest BCUT2D eigenvalue weighted by molar-refractivity contribution is 4.97. The molecule has 3 heterocycles. The zero-order valence-electron chi connectivity index (χ0n) is 18.3. The van der Waals surface area contributed by atoms with E-state index in [4.69, 9.17) is 23.7 Å². The van der Waals surface area contributed by atoms with Gasteiger partial charge in [-0.1, -0.05) is 0 Å². The predicted molar refractivity (Wildman–Crippen MR) is 105 cm³/mol. The molecule has 15 nitrogen and oxygen atoms in total. The van der Waals surface area contributed by atoms with Crippen molar-refractivity contribution in [2.24, 2.45) is 0 Å². The Balaban J connectivity index is 1.84. The molecule has 3 saturated heterocycles. The molecule has 3 aliphatic heterocycles. The van der Waals surface area contributed by atoms with Crippen LogP contribution in [0.3, 0.4) is 0 Å². The lowest BCUT2D eigenvalue weighted by Crippen LogP contribution is -2.66. The summed E-state index contributed by atoms with van der Waals surface area (Å²) >= 11 is 0. The highest BCUT2D eigenvalue weighted by Gasteiger charge is 2.53. The Bertz CT molecular complexity index is 599. The van der Waals surface area contributed by atoms with E-state index in [1.807, 2.05) is 0 Å². The van der Waals surface area contributed by atoms with Gasteiger partial charge in [0.1, 0.15) is 73.2 Å². The largest absolute Gasteiger partial charge is 0.394 e. The van der Waals surface area contributed by atoms with Crippen LogP contribution in [0.1, 0.15) is 6.92 Å². The van der Waals surface area contributed by atoms with Crippen molar-refractivity contribution in [2.75, 3.05) is 19.8 Å². The van der Waals surface area contributed by atoms with Crippen molar-refractivity contribution >= 4 is 0 Å². The lowest BCUT2D eigenvalue weighted by Gasteiger charge is -2.48. The topological polar surface area (TPSA) is 248 Å². The van der Waals surface area contributed by atoms with Gasteiger partial charge in [0, 0.05) is 0 Å². The van der Waals surface area contributed by atoms with Crippen LogP contribution in [0.25, 0.3) is 0 Å². The van der Waals surface area contributed by atoms with Crippen molar-refractivity contribution in [3.63, 3.8) is 0 Å². The molecule has 0 aromatic heterocycles. The molecule has 3 unspecified atom stereocenters. The molecule has 3 rings (SSSR count). The standard InChI is InChI=1S/C19H34O15/c1-5-9(23)17(34-19-15(29)13(27)11(25)7(3-21)32-19)16(8(4-22)30-5)33-18-14(28)12(26)10(24)6(2-20)31-18/h5-29H,2-4H2,1H3/t5?,6-,7-,8-,9+,10-,11-,12+,13+,14-,15-,16-,17-,18?,19?/m1/s1. The van der Waals surface area contributed by atoms with Gasteiger partial charge in [0.05, 0.1) is 25.9 Å². The summed E-state index contributed by atoms with van der Waals surface area (Å²) in [7, 11) is 0. The lowest BCUT2D eigenvalue weighted by atomic mass is 9.94. The van der Waals surface area contributed by atoms with E-state index in [2.05, 4.69) is 0 Å². The van der Waals surface area contributed by atoms with Gasteiger partial charge in [-0.3, -0.25) is 0 Å². The Morgan fingerprint density at radius 1 is 0.500 bits per heavy atom. The van der Waals surface area contributed by atoms with Crippen LogP contribution >= 0.6 is 0 Å². The molecule has 10 N–H and O–H groups in total. The van der Waals surface area contributed by atoms with E-state index in [1.54, 1.807) is 0 Å². The zero-order chi connectivity index (χ0) is 25.3. The predicted octanol–water partition coefficient (Wildman–Crippen LogP) is -6.50. The third-order valence-electron chi connectivity index (χ3n) is 6.36. The molecular formula is C19H34O15. The van der Waals surface area contributed by atoms with Crippen LogP contribution in [0.5, 0.6) is 0 Å². The van der Waals surface area contributed by atoms with Crippen LogP contribution in [-0.4, -0.2) is 163 Å². The smallest absolute Gasteiger partial charge is 0.187 e. The summed E-state index contributed by atoms with van der Waals surface area (Å²) < 4.78 is 27.5. The summed E-state index contributed by atoms with van der Waals surface area (Å²) in [5.41, 5.74) is 0. The number of hydrogen-bond acceptors (Lipinski definition) is 15. The monoisotopic (exact) mass is 502 g/mol. The second kappa shape index (κ2) is 11.6. The van der Waals surface area contributed by atoms with Gasteiger partial charge >= 0.3 is 0 Å². The second-order valence-electron chi connectivity index (χ2n) is 8.65. The minimum absolute atomic E-state index is 0.659. The molecule has 0 saturated carbocycles. The molecule has 200 valence electrons. The Morgan fingerprint density at radius 2 is 0.912 bits per heavy atom. The van der Waals surface area contributed by atoms with Gasteiger partial charge in [0.25, 0.3) is 0 Å². The first kappa shape index (κ1) is 28.0. The number of ether oxygens (including phenoxy) is 5. The van der Waals surface area contributed by atoms with Crippen LogP contribution in [0.15, 0.2) is 0 Å². The fraction of sp³-hybridized carbons (Fsp3) is 1.00. The maximum absolute atomic E-state index is 10.7. The normalized spacial score (nSPS) is 52.5. The molecule has 0 bridgehead atoms. The van der Waals surface area contributed by atoms with E-state index in [1.165, 1.54) is 6.92 Å². The molecule has 3 fully saturated rings. The van der Waals surface area contributed by atoms with Crippen molar-refractivity contribution < 1.29 is 74.7 Å². The molecule has 15 atom stereocenters. The molecule has 0 aromatic carbocycles. The summed E-state index contributed by atoms with van der Waals surface area (Å²) in [6, 6.07) is 0. The summed E-state index contributed by atoms with van der Waals surface area (Å²) in [6.45, 7) is -0.643. The highest BCUT2D eigenvalue weighted by Crippen LogP contribution is 2.33. The summed E-state index contributed by atoms with van der Waals surface area (Å²) in [5, 5.41) is 99.9. The maximum Gasteiger partial charge on any atom is 0.187 e. The number of aliphatic hydroxyl groups excluding tert-OH is 10.